The molecule has 0 heterocycles. The second-order valence-electron chi connectivity index (χ2n) is 6.48. The van der Waals surface area contributed by atoms with Crippen LogP contribution in [0.25, 0.3) is 0 Å². The Morgan fingerprint density at radius 3 is 1.81 bits per heavy atom. The van der Waals surface area contributed by atoms with Crippen molar-refractivity contribution < 1.29 is 32.2 Å². The van der Waals surface area contributed by atoms with Crippen molar-refractivity contribution in [3.05, 3.63) is 0 Å². The molecular weight excluding hydrogens is 368 g/mol. The molecule has 0 aromatic carbocycles. The van der Waals surface area contributed by atoms with Crippen molar-refractivity contribution in [2.24, 2.45) is 0 Å². The molecule has 0 aromatic rings. The lowest BCUT2D eigenvalue weighted by molar-refractivity contribution is -0.323. The summed E-state index contributed by atoms with van der Waals surface area (Å²) in [6.45, 7) is 9.28. The van der Waals surface area contributed by atoms with Gasteiger partial charge in [-0.15, -0.1) is 0 Å². The van der Waals surface area contributed by atoms with Gasteiger partial charge in [0.1, 0.15) is 6.10 Å². The molecule has 0 aliphatic rings. The molecule has 8 heteroatoms. The number of ether oxygens (including phenoxy) is 4. The van der Waals surface area contributed by atoms with E-state index >= 15 is 0 Å². The Hall–Kier alpha value is -0.0631. The molecule has 164 valence electrons. The van der Waals surface area contributed by atoms with Gasteiger partial charge in [-0.2, -0.15) is 0 Å². The van der Waals surface area contributed by atoms with Gasteiger partial charge in [0, 0.05) is 35.0 Å². The van der Waals surface area contributed by atoms with E-state index in [1.165, 1.54) is 0 Å². The van der Waals surface area contributed by atoms with E-state index in [1.54, 1.807) is 28.4 Å². The first-order chi connectivity index (χ1) is 13.0. The molecule has 0 radical (unpaired) electrons. The van der Waals surface area contributed by atoms with Gasteiger partial charge in [-0.3, -0.25) is 0 Å². The molecular formula is C19H42O7Si. The van der Waals surface area contributed by atoms with Crippen LogP contribution < -0.4 is 0 Å². The lowest BCUT2D eigenvalue weighted by atomic mass is 10.3. The van der Waals surface area contributed by atoms with Crippen LogP contribution in [0.15, 0.2) is 0 Å². The van der Waals surface area contributed by atoms with Crippen molar-refractivity contribution >= 4 is 8.80 Å². The van der Waals surface area contributed by atoms with E-state index in [-0.39, 0.29) is 0 Å². The summed E-state index contributed by atoms with van der Waals surface area (Å²) in [6.07, 6.45) is 4.50. The maximum absolute atomic E-state index is 6.42. The molecule has 0 aliphatic heterocycles. The van der Waals surface area contributed by atoms with Gasteiger partial charge in [0.05, 0.1) is 6.61 Å². The second-order valence-corrected chi connectivity index (χ2v) is 9.51. The van der Waals surface area contributed by atoms with Gasteiger partial charge in [-0.1, -0.05) is 40.0 Å². The topological polar surface area (TPSA) is 64.6 Å². The fraction of sp³-hybridized carbons (Fsp3) is 1.00. The van der Waals surface area contributed by atoms with E-state index in [4.69, 9.17) is 32.2 Å². The van der Waals surface area contributed by atoms with Crippen LogP contribution in [0.4, 0.5) is 0 Å². The maximum atomic E-state index is 6.42. The van der Waals surface area contributed by atoms with E-state index < -0.39 is 26.6 Å². The SMILES string of the molecule is CCCCOC(C)C(OCCCC)(OC(CCC)OC)[Si](OC)(OC)OC. The highest BCUT2D eigenvalue weighted by Gasteiger charge is 2.67. The largest absolute Gasteiger partial charge is 0.566 e. The number of unbranched alkanes of at least 4 members (excludes halogenated alkanes) is 2. The predicted octanol–water partition coefficient (Wildman–Crippen LogP) is 3.91. The molecule has 0 N–H and O–H groups in total. The van der Waals surface area contributed by atoms with Crippen LogP contribution in [0.3, 0.4) is 0 Å². The zero-order valence-electron chi connectivity index (χ0n) is 18.7. The molecule has 0 saturated heterocycles. The zero-order chi connectivity index (χ0) is 20.8. The maximum Gasteiger partial charge on any atom is 0.566 e. The van der Waals surface area contributed by atoms with Gasteiger partial charge >= 0.3 is 8.80 Å². The quantitative estimate of drug-likeness (QED) is 0.193. The highest BCUT2D eigenvalue weighted by molar-refractivity contribution is 6.63. The number of methoxy groups -OCH3 is 1. The van der Waals surface area contributed by atoms with E-state index in [1.807, 2.05) is 6.92 Å². The molecule has 0 fully saturated rings. The Morgan fingerprint density at radius 2 is 1.37 bits per heavy atom. The van der Waals surface area contributed by atoms with Crippen molar-refractivity contribution in [1.82, 2.24) is 0 Å². The summed E-state index contributed by atoms with van der Waals surface area (Å²) in [6, 6.07) is 0. The first-order valence-corrected chi connectivity index (χ1v) is 11.8. The third kappa shape index (κ3) is 7.36. The van der Waals surface area contributed by atoms with Gasteiger partial charge in [0.2, 0.25) is 0 Å². The molecule has 0 rings (SSSR count). The minimum atomic E-state index is -3.43. The summed E-state index contributed by atoms with van der Waals surface area (Å²) in [5.74, 6) is 0. The molecule has 0 bridgehead atoms. The van der Waals surface area contributed by atoms with E-state index in [0.29, 0.717) is 19.6 Å². The Bertz CT molecular complexity index is 347. The molecule has 0 aromatic heterocycles. The van der Waals surface area contributed by atoms with Crippen LogP contribution in [0.5, 0.6) is 0 Å². The number of hydrogen-bond acceptors (Lipinski definition) is 7. The molecule has 0 spiro atoms. The monoisotopic (exact) mass is 410 g/mol. The van der Waals surface area contributed by atoms with Gasteiger partial charge in [-0.05, 0) is 26.2 Å². The first kappa shape index (κ1) is 26.9. The molecule has 27 heavy (non-hydrogen) atoms. The molecule has 7 nitrogen and oxygen atoms in total. The van der Waals surface area contributed by atoms with Gasteiger partial charge in [-0.25, -0.2) is 0 Å². The average Bonchev–Trinajstić information content (AvgIpc) is 2.69. The van der Waals surface area contributed by atoms with Gasteiger partial charge in [0.25, 0.3) is 5.41 Å². The lowest BCUT2D eigenvalue weighted by Crippen LogP contribution is -2.72. The highest BCUT2D eigenvalue weighted by Crippen LogP contribution is 2.36. The third-order valence-electron chi connectivity index (χ3n) is 4.54. The molecule has 0 amide bonds. The summed E-state index contributed by atoms with van der Waals surface area (Å²) in [7, 11) is 2.86. The Morgan fingerprint density at radius 1 is 0.815 bits per heavy atom. The summed E-state index contributed by atoms with van der Waals surface area (Å²) < 4.78 is 41.8. The van der Waals surface area contributed by atoms with Crippen LogP contribution in [0, 0.1) is 0 Å². The van der Waals surface area contributed by atoms with E-state index in [0.717, 1.165) is 32.1 Å². The minimum Gasteiger partial charge on any atom is -0.374 e. The van der Waals surface area contributed by atoms with Crippen molar-refractivity contribution in [3.8, 4) is 0 Å². The van der Waals surface area contributed by atoms with Crippen LogP contribution in [0.1, 0.15) is 66.2 Å². The smallest absolute Gasteiger partial charge is 0.374 e. The van der Waals surface area contributed by atoms with Crippen LogP contribution in [-0.4, -0.2) is 68.3 Å². The fourth-order valence-corrected chi connectivity index (χ4v) is 5.36. The number of rotatable bonds is 18. The van der Waals surface area contributed by atoms with Crippen molar-refractivity contribution in [2.75, 3.05) is 41.7 Å². The Labute approximate surface area is 167 Å². The Balaban J connectivity index is 5.99. The predicted molar refractivity (Wildman–Crippen MR) is 107 cm³/mol. The van der Waals surface area contributed by atoms with Gasteiger partial charge in [0.15, 0.2) is 6.29 Å². The van der Waals surface area contributed by atoms with Crippen LogP contribution >= 0.6 is 0 Å². The lowest BCUT2D eigenvalue weighted by Gasteiger charge is -2.46. The van der Waals surface area contributed by atoms with Crippen LogP contribution in [-0.2, 0) is 32.2 Å². The van der Waals surface area contributed by atoms with Crippen molar-refractivity contribution in [1.29, 1.82) is 0 Å². The summed E-state index contributed by atoms with van der Waals surface area (Å²) in [4.78, 5) is 0. The van der Waals surface area contributed by atoms with Crippen molar-refractivity contribution in [3.63, 3.8) is 0 Å². The third-order valence-corrected chi connectivity index (χ3v) is 7.68. The standard InChI is InChI=1S/C19H42O7Si/c1-9-12-15-24-17(4)19(25-16-13-10-2,26-18(20-5)14-11-3)27(21-6,22-7)23-8/h17-18H,9-16H2,1-8H3. The summed E-state index contributed by atoms with van der Waals surface area (Å²) >= 11 is 0. The minimum absolute atomic E-state index is 0.470. The van der Waals surface area contributed by atoms with E-state index in [2.05, 4.69) is 20.8 Å². The summed E-state index contributed by atoms with van der Waals surface area (Å²) in [5.41, 5.74) is -1.33. The summed E-state index contributed by atoms with van der Waals surface area (Å²) in [5, 5.41) is 0. The van der Waals surface area contributed by atoms with Crippen molar-refractivity contribution in [2.45, 2.75) is 84.0 Å². The molecule has 3 atom stereocenters. The fourth-order valence-electron chi connectivity index (χ4n) is 2.87. The molecule has 3 unspecified atom stereocenters. The first-order valence-electron chi connectivity index (χ1n) is 10.1. The second kappa shape index (κ2) is 14.9. The normalized spacial score (nSPS) is 16.9. The highest BCUT2D eigenvalue weighted by atomic mass is 28.4. The van der Waals surface area contributed by atoms with Crippen LogP contribution in [0.2, 0.25) is 0 Å². The Kier molecular flexibility index (Phi) is 14.8. The van der Waals surface area contributed by atoms with Gasteiger partial charge < -0.3 is 32.2 Å². The van der Waals surface area contributed by atoms with E-state index in [9.17, 15) is 0 Å². The number of hydrogen-bond donors (Lipinski definition) is 0. The molecule has 0 aliphatic carbocycles. The molecule has 0 saturated carbocycles. The zero-order valence-corrected chi connectivity index (χ0v) is 19.7. The average molecular weight is 411 g/mol.